The maximum Gasteiger partial charge on any atom is 0.251 e. The summed E-state index contributed by atoms with van der Waals surface area (Å²) in [7, 11) is 0. The Bertz CT molecular complexity index is 1250. The molecule has 1 fully saturated rings. The Morgan fingerprint density at radius 3 is 2.48 bits per heavy atom. The first-order valence-corrected chi connectivity index (χ1v) is 12.0. The minimum Gasteiger partial charge on any atom is -0.348 e. The number of para-hydroxylation sites is 2. The standard InChI is InChI=1S/C26H24N4O2S/c31-24-6-3-15-30(24)21-13-9-18(10-14-21)16-27-25(32)20-11-7-19(8-12-20)17-33-26-28-22-4-1-2-5-23(22)29-26/h1-2,4-5,7-14H,3,6,15-17H2,(H,27,32)(H,28,29). The van der Waals surface area contributed by atoms with Gasteiger partial charge in [0.25, 0.3) is 5.91 Å². The average Bonchev–Trinajstić information content (AvgIpc) is 3.47. The monoisotopic (exact) mass is 456 g/mol. The summed E-state index contributed by atoms with van der Waals surface area (Å²) in [6, 6.07) is 23.4. The number of thioether (sulfide) groups is 1. The summed E-state index contributed by atoms with van der Waals surface area (Å²) in [4.78, 5) is 34.1. The third-order valence-corrected chi connectivity index (χ3v) is 6.68. The highest BCUT2D eigenvalue weighted by atomic mass is 32.2. The zero-order valence-electron chi connectivity index (χ0n) is 18.1. The van der Waals surface area contributed by atoms with Crippen LogP contribution in [0.3, 0.4) is 0 Å². The molecule has 3 aromatic carbocycles. The lowest BCUT2D eigenvalue weighted by molar-refractivity contribution is -0.117. The number of carbonyl (C=O) groups is 2. The molecule has 1 aliphatic rings. The second-order valence-electron chi connectivity index (χ2n) is 8.04. The number of hydrogen-bond acceptors (Lipinski definition) is 4. The predicted molar refractivity (Wildman–Crippen MR) is 131 cm³/mol. The van der Waals surface area contributed by atoms with Gasteiger partial charge in [0.2, 0.25) is 5.91 Å². The molecule has 4 aromatic rings. The van der Waals surface area contributed by atoms with Crippen LogP contribution in [0, 0.1) is 0 Å². The van der Waals surface area contributed by atoms with Gasteiger partial charge in [-0.15, -0.1) is 0 Å². The molecule has 2 N–H and O–H groups in total. The molecule has 1 aliphatic heterocycles. The normalized spacial score (nSPS) is 13.6. The average molecular weight is 457 g/mol. The highest BCUT2D eigenvalue weighted by Gasteiger charge is 2.21. The summed E-state index contributed by atoms with van der Waals surface area (Å²) in [5, 5.41) is 3.85. The van der Waals surface area contributed by atoms with Crippen molar-refractivity contribution in [2.45, 2.75) is 30.3 Å². The van der Waals surface area contributed by atoms with Crippen molar-refractivity contribution in [3.63, 3.8) is 0 Å². The number of nitrogens with one attached hydrogen (secondary N) is 2. The van der Waals surface area contributed by atoms with Crippen LogP contribution in [-0.4, -0.2) is 28.3 Å². The predicted octanol–water partition coefficient (Wildman–Crippen LogP) is 4.91. The number of fused-ring (bicyclic) bond motifs is 1. The van der Waals surface area contributed by atoms with Crippen molar-refractivity contribution in [3.05, 3.63) is 89.5 Å². The van der Waals surface area contributed by atoms with Gasteiger partial charge in [0.1, 0.15) is 0 Å². The van der Waals surface area contributed by atoms with Crippen LogP contribution in [0.4, 0.5) is 5.69 Å². The number of benzene rings is 3. The number of carbonyl (C=O) groups excluding carboxylic acids is 2. The fourth-order valence-electron chi connectivity index (χ4n) is 3.90. The number of imidazole rings is 1. The molecule has 2 heterocycles. The Balaban J connectivity index is 1.13. The molecule has 0 radical (unpaired) electrons. The molecule has 166 valence electrons. The Hall–Kier alpha value is -3.58. The zero-order valence-corrected chi connectivity index (χ0v) is 18.9. The van der Waals surface area contributed by atoms with E-state index < -0.39 is 0 Å². The molecule has 0 spiro atoms. The molecular weight excluding hydrogens is 432 g/mol. The van der Waals surface area contributed by atoms with Gasteiger partial charge in [0, 0.05) is 36.5 Å². The van der Waals surface area contributed by atoms with Gasteiger partial charge in [0.05, 0.1) is 11.0 Å². The minimum absolute atomic E-state index is 0.106. The van der Waals surface area contributed by atoms with Crippen LogP contribution in [0.5, 0.6) is 0 Å². The van der Waals surface area contributed by atoms with E-state index in [1.54, 1.807) is 11.8 Å². The highest BCUT2D eigenvalue weighted by Crippen LogP contribution is 2.24. The summed E-state index contributed by atoms with van der Waals surface area (Å²) in [6.07, 6.45) is 1.53. The molecular formula is C26H24N4O2S. The minimum atomic E-state index is -0.106. The van der Waals surface area contributed by atoms with Gasteiger partial charge < -0.3 is 15.2 Å². The van der Waals surface area contributed by atoms with Crippen LogP contribution in [0.25, 0.3) is 11.0 Å². The van der Waals surface area contributed by atoms with Gasteiger partial charge in [-0.3, -0.25) is 9.59 Å². The lowest BCUT2D eigenvalue weighted by Crippen LogP contribution is -2.24. The molecule has 0 unspecified atom stereocenters. The maximum absolute atomic E-state index is 12.5. The van der Waals surface area contributed by atoms with E-state index in [2.05, 4.69) is 15.3 Å². The molecule has 7 heteroatoms. The lowest BCUT2D eigenvalue weighted by atomic mass is 10.1. The van der Waals surface area contributed by atoms with Crippen molar-refractivity contribution < 1.29 is 9.59 Å². The van der Waals surface area contributed by atoms with Gasteiger partial charge >= 0.3 is 0 Å². The third-order valence-electron chi connectivity index (χ3n) is 5.73. The number of hydrogen-bond donors (Lipinski definition) is 2. The largest absolute Gasteiger partial charge is 0.348 e. The van der Waals surface area contributed by atoms with E-state index in [0.717, 1.165) is 51.7 Å². The van der Waals surface area contributed by atoms with Crippen molar-refractivity contribution in [2.24, 2.45) is 0 Å². The maximum atomic E-state index is 12.5. The molecule has 6 nitrogen and oxygen atoms in total. The van der Waals surface area contributed by atoms with E-state index in [1.165, 1.54) is 0 Å². The third kappa shape index (κ3) is 4.93. The van der Waals surface area contributed by atoms with E-state index in [1.807, 2.05) is 77.7 Å². The van der Waals surface area contributed by atoms with Crippen molar-refractivity contribution in [1.82, 2.24) is 15.3 Å². The molecule has 0 aliphatic carbocycles. The molecule has 1 saturated heterocycles. The van der Waals surface area contributed by atoms with E-state index >= 15 is 0 Å². The molecule has 33 heavy (non-hydrogen) atoms. The second-order valence-corrected chi connectivity index (χ2v) is 9.01. The summed E-state index contributed by atoms with van der Waals surface area (Å²) in [5.41, 5.74) is 5.68. The first-order valence-electron chi connectivity index (χ1n) is 11.0. The van der Waals surface area contributed by atoms with Crippen LogP contribution < -0.4 is 10.2 Å². The first kappa shape index (κ1) is 21.3. The van der Waals surface area contributed by atoms with Crippen molar-refractivity contribution >= 4 is 40.3 Å². The number of anilines is 1. The Labute approximate surface area is 196 Å². The van der Waals surface area contributed by atoms with Gasteiger partial charge in [-0.25, -0.2) is 4.98 Å². The van der Waals surface area contributed by atoms with E-state index in [-0.39, 0.29) is 11.8 Å². The highest BCUT2D eigenvalue weighted by molar-refractivity contribution is 7.98. The lowest BCUT2D eigenvalue weighted by Gasteiger charge is -2.16. The number of rotatable bonds is 7. The molecule has 0 atom stereocenters. The van der Waals surface area contributed by atoms with Crippen LogP contribution in [0.2, 0.25) is 0 Å². The topological polar surface area (TPSA) is 78.1 Å². The quantitative estimate of drug-likeness (QED) is 0.387. The molecule has 1 aromatic heterocycles. The Morgan fingerprint density at radius 2 is 1.76 bits per heavy atom. The number of aromatic amines is 1. The van der Waals surface area contributed by atoms with Crippen molar-refractivity contribution in [1.29, 1.82) is 0 Å². The second kappa shape index (κ2) is 9.50. The fraction of sp³-hybridized carbons (Fsp3) is 0.192. The van der Waals surface area contributed by atoms with Gasteiger partial charge in [-0.2, -0.15) is 0 Å². The van der Waals surface area contributed by atoms with Crippen molar-refractivity contribution in [2.75, 3.05) is 11.4 Å². The van der Waals surface area contributed by atoms with Crippen molar-refractivity contribution in [3.8, 4) is 0 Å². The zero-order chi connectivity index (χ0) is 22.6. The number of H-pyrrole nitrogens is 1. The van der Waals surface area contributed by atoms with Crippen LogP contribution in [-0.2, 0) is 17.1 Å². The smallest absolute Gasteiger partial charge is 0.251 e. The molecule has 0 bridgehead atoms. The van der Waals surface area contributed by atoms with Gasteiger partial charge in [-0.1, -0.05) is 48.2 Å². The molecule has 5 rings (SSSR count). The number of aromatic nitrogens is 2. The molecule has 0 saturated carbocycles. The Morgan fingerprint density at radius 1 is 1.00 bits per heavy atom. The Kier molecular flexibility index (Phi) is 6.13. The molecule has 2 amide bonds. The fourth-order valence-corrected chi connectivity index (χ4v) is 4.74. The van der Waals surface area contributed by atoms with E-state index in [4.69, 9.17) is 0 Å². The van der Waals surface area contributed by atoms with Crippen LogP contribution in [0.1, 0.15) is 34.3 Å². The summed E-state index contributed by atoms with van der Waals surface area (Å²) < 4.78 is 0. The first-order chi connectivity index (χ1) is 16.2. The van der Waals surface area contributed by atoms with Gasteiger partial charge in [0.15, 0.2) is 5.16 Å². The SMILES string of the molecule is O=C(NCc1ccc(N2CCCC2=O)cc1)c1ccc(CSc2nc3ccccc3[nH]2)cc1. The summed E-state index contributed by atoms with van der Waals surface area (Å²) >= 11 is 1.64. The summed E-state index contributed by atoms with van der Waals surface area (Å²) in [5.74, 6) is 0.842. The van der Waals surface area contributed by atoms with Crippen LogP contribution >= 0.6 is 11.8 Å². The van der Waals surface area contributed by atoms with E-state index in [9.17, 15) is 9.59 Å². The number of amides is 2. The van der Waals surface area contributed by atoms with E-state index in [0.29, 0.717) is 18.5 Å². The van der Waals surface area contributed by atoms with Gasteiger partial charge in [-0.05, 0) is 53.9 Å². The van der Waals surface area contributed by atoms with Crippen LogP contribution in [0.15, 0.2) is 78.0 Å². The number of nitrogens with zero attached hydrogens (tertiary/aromatic N) is 2. The summed E-state index contributed by atoms with van der Waals surface area (Å²) in [6.45, 7) is 1.22.